The first-order chi connectivity index (χ1) is 17.3. The summed E-state index contributed by atoms with van der Waals surface area (Å²) >= 11 is 0. The van der Waals surface area contributed by atoms with E-state index in [1.165, 1.54) is 12.1 Å². The van der Waals surface area contributed by atoms with Crippen LogP contribution >= 0.6 is 0 Å². The van der Waals surface area contributed by atoms with Crippen LogP contribution in [0.3, 0.4) is 0 Å². The van der Waals surface area contributed by atoms with Crippen LogP contribution in [0.15, 0.2) is 42.0 Å². The molecule has 4 rings (SSSR count). The minimum atomic E-state index is -0.306. The number of allylic oxidation sites excluding steroid dienone is 3. The zero-order chi connectivity index (χ0) is 25.8. The fraction of sp³-hybridized carbons (Fsp3) is 0.414. The van der Waals surface area contributed by atoms with Crippen LogP contribution in [0.1, 0.15) is 42.9 Å². The van der Waals surface area contributed by atoms with E-state index in [4.69, 9.17) is 14.2 Å². The van der Waals surface area contributed by atoms with Gasteiger partial charge in [-0.25, -0.2) is 4.39 Å². The van der Waals surface area contributed by atoms with Crippen LogP contribution in [-0.4, -0.2) is 58.3 Å². The second kappa shape index (κ2) is 11.2. The molecule has 1 fully saturated rings. The van der Waals surface area contributed by atoms with Crippen molar-refractivity contribution in [3.05, 3.63) is 64.5 Å². The van der Waals surface area contributed by atoms with E-state index in [-0.39, 0.29) is 24.2 Å². The van der Waals surface area contributed by atoms with Gasteiger partial charge in [-0.3, -0.25) is 4.79 Å². The zero-order valence-electron chi connectivity index (χ0n) is 21.7. The van der Waals surface area contributed by atoms with Gasteiger partial charge in [-0.05, 0) is 97.5 Å². The lowest BCUT2D eigenvalue weighted by atomic mass is 10.00. The highest BCUT2D eigenvalue weighted by Gasteiger charge is 2.27. The van der Waals surface area contributed by atoms with E-state index in [0.29, 0.717) is 23.7 Å². The first-order valence-corrected chi connectivity index (χ1v) is 12.3. The van der Waals surface area contributed by atoms with Gasteiger partial charge in [0.1, 0.15) is 5.82 Å². The van der Waals surface area contributed by atoms with Gasteiger partial charge in [0, 0.05) is 12.6 Å². The average molecular weight is 495 g/mol. The zero-order valence-corrected chi connectivity index (χ0v) is 21.7. The highest BCUT2D eigenvalue weighted by molar-refractivity contribution is 6.04. The Kier molecular flexibility index (Phi) is 7.99. The van der Waals surface area contributed by atoms with E-state index in [1.54, 1.807) is 27.4 Å². The van der Waals surface area contributed by atoms with Crippen molar-refractivity contribution in [2.24, 2.45) is 0 Å². The quantitative estimate of drug-likeness (QED) is 0.568. The Labute approximate surface area is 212 Å². The van der Waals surface area contributed by atoms with Gasteiger partial charge in [0.25, 0.3) is 0 Å². The first kappa shape index (κ1) is 25.8. The number of ether oxygens (including phenoxy) is 3. The van der Waals surface area contributed by atoms with E-state index in [2.05, 4.69) is 23.3 Å². The lowest BCUT2D eigenvalue weighted by Crippen LogP contribution is -2.46. The van der Waals surface area contributed by atoms with Crippen LogP contribution in [0.5, 0.6) is 17.2 Å². The first-order valence-electron chi connectivity index (χ1n) is 12.3. The highest BCUT2D eigenvalue weighted by atomic mass is 19.1. The summed E-state index contributed by atoms with van der Waals surface area (Å²) in [6, 6.07) is 8.81. The summed E-state index contributed by atoms with van der Waals surface area (Å²) in [7, 11) is 6.84. The summed E-state index contributed by atoms with van der Waals surface area (Å²) in [6.07, 6.45) is 5.01. The molecule has 1 aliphatic heterocycles. The summed E-state index contributed by atoms with van der Waals surface area (Å²) in [4.78, 5) is 15.2. The molecule has 0 spiro atoms. The molecular formula is C29H35FN2O4. The summed E-state index contributed by atoms with van der Waals surface area (Å²) in [5.74, 6) is 1.41. The second-order valence-corrected chi connectivity index (χ2v) is 9.49. The van der Waals surface area contributed by atoms with Crippen LogP contribution in [-0.2, 0) is 11.2 Å². The number of likely N-dealkylation sites (tertiary alicyclic amines) is 1. The molecule has 1 saturated heterocycles. The molecule has 1 atom stereocenters. The number of likely N-dealkylation sites (N-methyl/N-ethyl adjacent to an activating group) is 1. The molecule has 36 heavy (non-hydrogen) atoms. The Balaban J connectivity index is 1.61. The maximum absolute atomic E-state index is 14.2. The number of halogens is 1. The molecule has 1 unspecified atom stereocenters. The molecule has 0 radical (unpaired) electrons. The van der Waals surface area contributed by atoms with Crippen molar-refractivity contribution in [1.82, 2.24) is 10.2 Å². The summed E-state index contributed by atoms with van der Waals surface area (Å²) < 4.78 is 30.6. The number of carbonyl (C=O) groups excluding carboxylic acids is 1. The Bertz CT molecular complexity index is 1180. The number of rotatable bonds is 8. The molecule has 2 aromatic rings. The van der Waals surface area contributed by atoms with Crippen molar-refractivity contribution in [3.8, 4) is 17.2 Å². The predicted molar refractivity (Wildman–Crippen MR) is 140 cm³/mol. The van der Waals surface area contributed by atoms with Gasteiger partial charge in [0.05, 0.1) is 27.8 Å². The van der Waals surface area contributed by atoms with Crippen LogP contribution in [0.4, 0.5) is 4.39 Å². The number of methoxy groups -OCH3 is 3. The smallest absolute Gasteiger partial charge is 0.224 e. The normalized spacial score (nSPS) is 18.8. The molecule has 192 valence electrons. The number of nitrogens with one attached hydrogen (secondary N) is 1. The number of piperidine rings is 1. The number of hydrogen-bond donors (Lipinski definition) is 1. The standard InChI is InChI=1S/C29H35FN2O4/c1-18-22(10-8-19-13-26(34-3)29(36-5)27(14-19)35-4)23-11-9-20(30)15-25(23)24(18)16-28(33)31-21-7-6-12-32(2)17-21/h9-11,13-15,21H,6-8,12,16-17H2,1-5H3,(H,31,33)/b22-10-. The molecule has 1 aliphatic carbocycles. The monoisotopic (exact) mass is 494 g/mol. The van der Waals surface area contributed by atoms with Crippen molar-refractivity contribution in [2.75, 3.05) is 41.5 Å². The molecule has 2 aliphatic rings. The third-order valence-corrected chi connectivity index (χ3v) is 7.05. The van der Waals surface area contributed by atoms with Gasteiger partial charge >= 0.3 is 0 Å². The molecule has 1 heterocycles. The van der Waals surface area contributed by atoms with Gasteiger partial charge in [0.15, 0.2) is 11.5 Å². The van der Waals surface area contributed by atoms with E-state index >= 15 is 0 Å². The van der Waals surface area contributed by atoms with Crippen molar-refractivity contribution in [3.63, 3.8) is 0 Å². The van der Waals surface area contributed by atoms with Crippen LogP contribution in [0.2, 0.25) is 0 Å². The molecule has 1 amide bonds. The van der Waals surface area contributed by atoms with E-state index < -0.39 is 0 Å². The molecule has 0 aromatic heterocycles. The van der Waals surface area contributed by atoms with Gasteiger partial charge in [0.2, 0.25) is 11.7 Å². The van der Waals surface area contributed by atoms with Crippen molar-refractivity contribution < 1.29 is 23.4 Å². The second-order valence-electron chi connectivity index (χ2n) is 9.49. The Morgan fingerprint density at radius 2 is 1.83 bits per heavy atom. The molecule has 1 N–H and O–H groups in total. The number of amides is 1. The van der Waals surface area contributed by atoms with Crippen molar-refractivity contribution >= 4 is 17.1 Å². The minimum Gasteiger partial charge on any atom is -0.493 e. The molecule has 7 heteroatoms. The third kappa shape index (κ3) is 5.41. The van der Waals surface area contributed by atoms with Crippen molar-refractivity contribution in [2.45, 2.75) is 38.6 Å². The van der Waals surface area contributed by atoms with Crippen LogP contribution < -0.4 is 19.5 Å². The Morgan fingerprint density at radius 3 is 2.47 bits per heavy atom. The Morgan fingerprint density at radius 1 is 1.11 bits per heavy atom. The largest absolute Gasteiger partial charge is 0.493 e. The fourth-order valence-corrected chi connectivity index (χ4v) is 5.26. The lowest BCUT2D eigenvalue weighted by molar-refractivity contribution is -0.121. The molecule has 0 bridgehead atoms. The van der Waals surface area contributed by atoms with Gasteiger partial charge in [-0.2, -0.15) is 0 Å². The highest BCUT2D eigenvalue weighted by Crippen LogP contribution is 2.44. The molecule has 0 saturated carbocycles. The topological polar surface area (TPSA) is 60.0 Å². The minimum absolute atomic E-state index is 0.0225. The van der Waals surface area contributed by atoms with Gasteiger partial charge < -0.3 is 24.4 Å². The summed E-state index contributed by atoms with van der Waals surface area (Å²) in [5, 5.41) is 3.18. The van der Waals surface area contributed by atoms with Crippen LogP contribution in [0.25, 0.3) is 11.1 Å². The van der Waals surface area contributed by atoms with Crippen molar-refractivity contribution in [1.29, 1.82) is 0 Å². The molecular weight excluding hydrogens is 459 g/mol. The van der Waals surface area contributed by atoms with E-state index in [9.17, 15) is 9.18 Å². The number of nitrogens with zero attached hydrogens (tertiary/aromatic N) is 1. The third-order valence-electron chi connectivity index (χ3n) is 7.05. The van der Waals surface area contributed by atoms with Crippen LogP contribution in [0, 0.1) is 5.82 Å². The molecule has 6 nitrogen and oxygen atoms in total. The SMILES string of the molecule is COc1cc(C/C=C2/C(C)=C(CC(=O)NC3CCCN(C)C3)c3cc(F)ccc32)cc(OC)c1OC. The molecule has 2 aromatic carbocycles. The Hall–Kier alpha value is -3.32. The van der Waals surface area contributed by atoms with Gasteiger partial charge in [-0.1, -0.05) is 12.1 Å². The maximum Gasteiger partial charge on any atom is 0.224 e. The predicted octanol–water partition coefficient (Wildman–Crippen LogP) is 4.87. The van der Waals surface area contributed by atoms with Gasteiger partial charge in [-0.15, -0.1) is 0 Å². The number of carbonyl (C=O) groups is 1. The van der Waals surface area contributed by atoms with E-state index in [1.807, 2.05) is 19.1 Å². The number of fused-ring (bicyclic) bond motifs is 1. The summed E-state index contributed by atoms with van der Waals surface area (Å²) in [6.45, 7) is 3.92. The maximum atomic E-state index is 14.2. The summed E-state index contributed by atoms with van der Waals surface area (Å²) in [5.41, 5.74) is 5.61. The van der Waals surface area contributed by atoms with E-state index in [0.717, 1.165) is 59.3 Å². The lowest BCUT2D eigenvalue weighted by Gasteiger charge is -2.30. The average Bonchev–Trinajstić information content (AvgIpc) is 3.11. The number of hydrogen-bond acceptors (Lipinski definition) is 5. The number of benzene rings is 2. The fourth-order valence-electron chi connectivity index (χ4n) is 5.26.